The molecule has 0 aliphatic rings. The van der Waals surface area contributed by atoms with Crippen molar-refractivity contribution in [3.8, 4) is 5.75 Å². The van der Waals surface area contributed by atoms with Crippen LogP contribution < -0.4 is 4.74 Å². The smallest absolute Gasteiger partial charge is 0.156 e. The summed E-state index contributed by atoms with van der Waals surface area (Å²) in [6, 6.07) is 8.34. The van der Waals surface area contributed by atoms with E-state index in [2.05, 4.69) is 0 Å². The van der Waals surface area contributed by atoms with Crippen LogP contribution in [0.2, 0.25) is 20.1 Å². The predicted octanol–water partition coefficient (Wildman–Crippen LogP) is 5.37. The largest absolute Gasteiger partial charge is 0.486 e. The third-order valence-electron chi connectivity index (χ3n) is 2.63. The van der Waals surface area contributed by atoms with Crippen molar-refractivity contribution in [1.29, 1.82) is 0 Å². The molecule has 0 atom stereocenters. The predicted molar refractivity (Wildman–Crippen MR) is 83.2 cm³/mol. The van der Waals surface area contributed by atoms with Crippen molar-refractivity contribution in [3.63, 3.8) is 0 Å². The highest BCUT2D eigenvalue weighted by atomic mass is 35.5. The van der Waals surface area contributed by atoms with E-state index in [1.165, 1.54) is 0 Å². The van der Waals surface area contributed by atoms with Crippen molar-refractivity contribution >= 4 is 46.4 Å². The number of aliphatic hydroxyl groups is 1. The first-order chi connectivity index (χ1) is 9.51. The zero-order chi connectivity index (χ0) is 14.7. The first-order valence-corrected chi connectivity index (χ1v) is 7.18. The van der Waals surface area contributed by atoms with E-state index in [0.29, 0.717) is 31.4 Å². The number of aliphatic hydroxyl groups excluding tert-OH is 1. The quantitative estimate of drug-likeness (QED) is 0.802. The lowest BCUT2D eigenvalue weighted by atomic mass is 10.2. The van der Waals surface area contributed by atoms with Gasteiger partial charge in [0.1, 0.15) is 6.61 Å². The molecule has 0 unspecified atom stereocenters. The minimum atomic E-state index is -0.136. The van der Waals surface area contributed by atoms with E-state index in [1.54, 1.807) is 30.3 Å². The van der Waals surface area contributed by atoms with Crippen LogP contribution in [0.25, 0.3) is 0 Å². The molecule has 0 bridgehead atoms. The van der Waals surface area contributed by atoms with E-state index < -0.39 is 0 Å². The Kier molecular flexibility index (Phi) is 5.42. The van der Waals surface area contributed by atoms with E-state index in [4.69, 9.17) is 56.2 Å². The molecule has 2 nitrogen and oxygen atoms in total. The first kappa shape index (κ1) is 15.7. The van der Waals surface area contributed by atoms with Crippen molar-refractivity contribution < 1.29 is 9.84 Å². The maximum Gasteiger partial charge on any atom is 0.156 e. The van der Waals surface area contributed by atoms with E-state index >= 15 is 0 Å². The fourth-order valence-electron chi connectivity index (χ4n) is 1.63. The van der Waals surface area contributed by atoms with Gasteiger partial charge in [0.2, 0.25) is 0 Å². The lowest BCUT2D eigenvalue weighted by Gasteiger charge is -2.12. The summed E-state index contributed by atoms with van der Waals surface area (Å²) in [7, 11) is 0. The second-order valence-electron chi connectivity index (χ2n) is 4.07. The fourth-order valence-corrected chi connectivity index (χ4v) is 2.73. The Labute approximate surface area is 136 Å². The van der Waals surface area contributed by atoms with E-state index in [1.807, 2.05) is 0 Å². The number of hydrogen-bond acceptors (Lipinski definition) is 2. The summed E-state index contributed by atoms with van der Waals surface area (Å²) in [6.07, 6.45) is 0. The monoisotopic (exact) mass is 350 g/mol. The molecule has 0 aromatic heterocycles. The molecule has 106 valence electrons. The van der Waals surface area contributed by atoms with Gasteiger partial charge in [0.25, 0.3) is 0 Å². The van der Waals surface area contributed by atoms with Gasteiger partial charge in [0.15, 0.2) is 5.75 Å². The standard InChI is InChI=1S/C14H10Cl4O2/c15-10-2-1-9(11(16)5-10)7-20-14-12(17)3-8(6-19)4-13(14)18/h1-5,19H,6-7H2. The molecular formula is C14H10Cl4O2. The first-order valence-electron chi connectivity index (χ1n) is 5.66. The summed E-state index contributed by atoms with van der Waals surface area (Å²) in [4.78, 5) is 0. The highest BCUT2D eigenvalue weighted by Crippen LogP contribution is 2.35. The van der Waals surface area contributed by atoms with Crippen LogP contribution in [-0.2, 0) is 13.2 Å². The zero-order valence-electron chi connectivity index (χ0n) is 10.2. The molecule has 0 saturated carbocycles. The third kappa shape index (κ3) is 3.72. The Morgan fingerprint density at radius 1 is 0.900 bits per heavy atom. The second kappa shape index (κ2) is 6.88. The Balaban J connectivity index is 2.19. The molecule has 0 radical (unpaired) electrons. The van der Waals surface area contributed by atoms with Crippen molar-refractivity contribution in [1.82, 2.24) is 0 Å². The Hall–Kier alpha value is -0.640. The second-order valence-corrected chi connectivity index (χ2v) is 5.73. The van der Waals surface area contributed by atoms with Crippen LogP contribution in [0.5, 0.6) is 5.75 Å². The number of benzene rings is 2. The van der Waals surface area contributed by atoms with Gasteiger partial charge >= 0.3 is 0 Å². The Morgan fingerprint density at radius 2 is 1.55 bits per heavy atom. The third-order valence-corrected chi connectivity index (χ3v) is 3.78. The molecule has 0 heterocycles. The van der Waals surface area contributed by atoms with Crippen LogP contribution in [0, 0.1) is 0 Å². The van der Waals surface area contributed by atoms with Gasteiger partial charge in [-0.25, -0.2) is 0 Å². The zero-order valence-corrected chi connectivity index (χ0v) is 13.2. The summed E-state index contributed by atoms with van der Waals surface area (Å²) in [6.45, 7) is 0.0800. The SMILES string of the molecule is OCc1cc(Cl)c(OCc2ccc(Cl)cc2Cl)c(Cl)c1. The highest BCUT2D eigenvalue weighted by Gasteiger charge is 2.11. The van der Waals surface area contributed by atoms with Crippen molar-refractivity contribution in [2.24, 2.45) is 0 Å². The maximum atomic E-state index is 9.06. The number of halogens is 4. The van der Waals surface area contributed by atoms with Crippen LogP contribution in [0.4, 0.5) is 0 Å². The van der Waals surface area contributed by atoms with E-state index in [9.17, 15) is 0 Å². The summed E-state index contributed by atoms with van der Waals surface area (Å²) < 4.78 is 5.60. The molecule has 0 saturated heterocycles. The Bertz CT molecular complexity index is 606. The van der Waals surface area contributed by atoms with Crippen LogP contribution in [-0.4, -0.2) is 5.11 Å². The molecule has 2 aromatic carbocycles. The molecule has 0 aliphatic heterocycles. The lowest BCUT2D eigenvalue weighted by Crippen LogP contribution is -1.98. The van der Waals surface area contributed by atoms with Crippen molar-refractivity contribution in [2.75, 3.05) is 0 Å². The van der Waals surface area contributed by atoms with Crippen molar-refractivity contribution in [3.05, 3.63) is 61.5 Å². The van der Waals surface area contributed by atoms with Gasteiger partial charge in [-0.3, -0.25) is 0 Å². The lowest BCUT2D eigenvalue weighted by molar-refractivity contribution is 0.281. The van der Waals surface area contributed by atoms with Gasteiger partial charge in [0, 0.05) is 15.6 Å². The molecule has 2 aromatic rings. The summed E-state index contributed by atoms with van der Waals surface area (Å²) >= 11 is 24.0. The number of hydrogen-bond donors (Lipinski definition) is 1. The van der Waals surface area contributed by atoms with Crippen LogP contribution >= 0.6 is 46.4 Å². The van der Waals surface area contributed by atoms with Gasteiger partial charge in [-0.05, 0) is 29.8 Å². The van der Waals surface area contributed by atoms with Gasteiger partial charge < -0.3 is 9.84 Å². The van der Waals surface area contributed by atoms with Crippen LogP contribution in [0.15, 0.2) is 30.3 Å². The topological polar surface area (TPSA) is 29.5 Å². The summed E-state index contributed by atoms with van der Waals surface area (Å²) in [5, 5.41) is 10.8. The average Bonchev–Trinajstić information content (AvgIpc) is 2.39. The van der Waals surface area contributed by atoms with Gasteiger partial charge in [-0.15, -0.1) is 0 Å². The molecule has 0 spiro atoms. The van der Waals surface area contributed by atoms with Crippen LogP contribution in [0.3, 0.4) is 0 Å². The minimum Gasteiger partial charge on any atom is -0.486 e. The van der Waals surface area contributed by atoms with Gasteiger partial charge in [0.05, 0.1) is 16.7 Å². The van der Waals surface area contributed by atoms with Gasteiger partial charge in [-0.2, -0.15) is 0 Å². The average molecular weight is 352 g/mol. The van der Waals surface area contributed by atoms with Crippen molar-refractivity contribution in [2.45, 2.75) is 13.2 Å². The van der Waals surface area contributed by atoms with Crippen LogP contribution in [0.1, 0.15) is 11.1 Å². The Morgan fingerprint density at radius 3 is 2.10 bits per heavy atom. The maximum absolute atomic E-state index is 9.06. The molecule has 6 heteroatoms. The molecule has 0 fully saturated rings. The van der Waals surface area contributed by atoms with E-state index in [0.717, 1.165) is 5.56 Å². The summed E-state index contributed by atoms with van der Waals surface area (Å²) in [5.41, 5.74) is 1.39. The van der Waals surface area contributed by atoms with E-state index in [-0.39, 0.29) is 13.2 Å². The normalized spacial score (nSPS) is 10.7. The minimum absolute atomic E-state index is 0.136. The number of ether oxygens (including phenoxy) is 1. The molecule has 20 heavy (non-hydrogen) atoms. The summed E-state index contributed by atoms with van der Waals surface area (Å²) in [5.74, 6) is 0.358. The highest BCUT2D eigenvalue weighted by molar-refractivity contribution is 6.37. The molecule has 0 amide bonds. The number of rotatable bonds is 4. The fraction of sp³-hybridized carbons (Fsp3) is 0.143. The molecule has 2 rings (SSSR count). The van der Waals surface area contributed by atoms with Gasteiger partial charge in [-0.1, -0.05) is 52.5 Å². The molecular weight excluding hydrogens is 342 g/mol. The molecule has 0 aliphatic carbocycles. The molecule has 1 N–H and O–H groups in total.